The van der Waals surface area contributed by atoms with Gasteiger partial charge in [-0.2, -0.15) is 0 Å². The van der Waals surface area contributed by atoms with Crippen LogP contribution < -0.4 is 10.6 Å². The van der Waals surface area contributed by atoms with E-state index in [2.05, 4.69) is 28.8 Å². The molecule has 0 bridgehead atoms. The van der Waals surface area contributed by atoms with Gasteiger partial charge in [0.25, 0.3) is 0 Å². The minimum atomic E-state index is 0. The molecular formula is C15H19ClN2OS. The van der Waals surface area contributed by atoms with Crippen molar-refractivity contribution in [1.82, 2.24) is 10.6 Å². The predicted octanol–water partition coefficient (Wildman–Crippen LogP) is 2.33. The van der Waals surface area contributed by atoms with Crippen molar-refractivity contribution < 1.29 is 4.79 Å². The fraction of sp³-hybridized carbons (Fsp3) is 0.400. The molecule has 0 saturated heterocycles. The second kappa shape index (κ2) is 7.16. The van der Waals surface area contributed by atoms with Crippen LogP contribution in [0, 0.1) is 0 Å². The number of halogens is 1. The van der Waals surface area contributed by atoms with Crippen LogP contribution in [0.4, 0.5) is 0 Å². The fourth-order valence-corrected chi connectivity index (χ4v) is 3.76. The molecule has 0 aliphatic carbocycles. The lowest BCUT2D eigenvalue weighted by molar-refractivity contribution is -0.121. The number of benzene rings is 1. The Balaban J connectivity index is 0.00000147. The van der Waals surface area contributed by atoms with E-state index in [1.807, 2.05) is 12.1 Å². The highest BCUT2D eigenvalue weighted by molar-refractivity contribution is 7.99. The summed E-state index contributed by atoms with van der Waals surface area (Å²) in [4.78, 5) is 13.5. The number of nitrogens with one attached hydrogen (secondary N) is 2. The molecule has 2 heterocycles. The Kier molecular flexibility index (Phi) is 5.52. The monoisotopic (exact) mass is 310 g/mol. The van der Waals surface area contributed by atoms with Gasteiger partial charge in [-0.1, -0.05) is 29.8 Å². The first-order valence-corrected chi connectivity index (χ1v) is 7.71. The van der Waals surface area contributed by atoms with Gasteiger partial charge in [0.1, 0.15) is 0 Å². The first kappa shape index (κ1) is 15.4. The summed E-state index contributed by atoms with van der Waals surface area (Å²) in [6.45, 7) is 2.64. The molecule has 2 N–H and O–H groups in total. The van der Waals surface area contributed by atoms with Gasteiger partial charge in [-0.3, -0.25) is 4.79 Å². The molecule has 0 spiro atoms. The quantitative estimate of drug-likeness (QED) is 0.842. The summed E-state index contributed by atoms with van der Waals surface area (Å²) in [6, 6.07) is 8.22. The molecule has 2 aliphatic heterocycles. The van der Waals surface area contributed by atoms with Crippen LogP contribution in [0.15, 0.2) is 40.8 Å². The zero-order valence-corrected chi connectivity index (χ0v) is 12.9. The molecule has 0 aromatic heterocycles. The normalized spacial score (nSPS) is 20.6. The minimum Gasteiger partial charge on any atom is -0.352 e. The molecule has 3 rings (SSSR count). The van der Waals surface area contributed by atoms with Gasteiger partial charge in [0, 0.05) is 23.7 Å². The molecule has 20 heavy (non-hydrogen) atoms. The molecule has 0 fully saturated rings. The fourth-order valence-electron chi connectivity index (χ4n) is 2.53. The number of carbonyl (C=O) groups excluding carboxylic acids is 1. The molecule has 1 atom stereocenters. The summed E-state index contributed by atoms with van der Waals surface area (Å²) < 4.78 is 0. The van der Waals surface area contributed by atoms with E-state index in [0.717, 1.165) is 25.3 Å². The SMILES string of the molecule is Cl.O=C(NCC1=CCNCC1)C1CSc2ccccc21. The number of amides is 1. The van der Waals surface area contributed by atoms with Crippen molar-refractivity contribution in [3.8, 4) is 0 Å². The summed E-state index contributed by atoms with van der Waals surface area (Å²) >= 11 is 1.78. The van der Waals surface area contributed by atoms with Crippen molar-refractivity contribution in [1.29, 1.82) is 0 Å². The third-order valence-corrected chi connectivity index (χ3v) is 4.85. The second-order valence-electron chi connectivity index (χ2n) is 4.94. The van der Waals surface area contributed by atoms with Crippen molar-refractivity contribution >= 4 is 30.1 Å². The summed E-state index contributed by atoms with van der Waals surface area (Å²) in [5.41, 5.74) is 2.52. The van der Waals surface area contributed by atoms with Gasteiger partial charge in [0.05, 0.1) is 5.92 Å². The first-order valence-electron chi connectivity index (χ1n) is 6.72. The molecule has 1 aromatic carbocycles. The average Bonchev–Trinajstić information content (AvgIpc) is 2.90. The Bertz CT molecular complexity index is 518. The zero-order chi connectivity index (χ0) is 13.1. The average molecular weight is 311 g/mol. The molecule has 1 unspecified atom stereocenters. The van der Waals surface area contributed by atoms with Crippen LogP contribution in [0.1, 0.15) is 17.9 Å². The van der Waals surface area contributed by atoms with E-state index in [4.69, 9.17) is 0 Å². The number of carbonyl (C=O) groups is 1. The maximum absolute atomic E-state index is 12.3. The summed E-state index contributed by atoms with van der Waals surface area (Å²) in [6.07, 6.45) is 3.22. The lowest BCUT2D eigenvalue weighted by Gasteiger charge is -2.16. The topological polar surface area (TPSA) is 41.1 Å². The molecule has 3 nitrogen and oxygen atoms in total. The Morgan fingerprint density at radius 2 is 2.25 bits per heavy atom. The Hall–Kier alpha value is -0.970. The van der Waals surface area contributed by atoms with Crippen LogP contribution in [0.5, 0.6) is 0 Å². The maximum atomic E-state index is 12.3. The predicted molar refractivity (Wildman–Crippen MR) is 85.7 cm³/mol. The van der Waals surface area contributed by atoms with E-state index in [-0.39, 0.29) is 24.2 Å². The molecule has 1 aromatic rings. The molecule has 108 valence electrons. The van der Waals surface area contributed by atoms with Crippen molar-refractivity contribution in [3.63, 3.8) is 0 Å². The number of fused-ring (bicyclic) bond motifs is 1. The number of rotatable bonds is 3. The molecule has 0 radical (unpaired) electrons. The third kappa shape index (κ3) is 3.37. The minimum absolute atomic E-state index is 0. The van der Waals surface area contributed by atoms with Crippen LogP contribution in [0.2, 0.25) is 0 Å². The van der Waals surface area contributed by atoms with Crippen LogP contribution in [-0.4, -0.2) is 31.3 Å². The van der Waals surface area contributed by atoms with Gasteiger partial charge >= 0.3 is 0 Å². The Morgan fingerprint density at radius 3 is 3.05 bits per heavy atom. The van der Waals surface area contributed by atoms with Gasteiger partial charge in [-0.15, -0.1) is 24.2 Å². The van der Waals surface area contributed by atoms with E-state index in [1.54, 1.807) is 11.8 Å². The van der Waals surface area contributed by atoms with Crippen molar-refractivity contribution in [2.45, 2.75) is 17.2 Å². The largest absolute Gasteiger partial charge is 0.352 e. The summed E-state index contributed by atoms with van der Waals surface area (Å²) in [5.74, 6) is 1.05. The summed E-state index contributed by atoms with van der Waals surface area (Å²) in [7, 11) is 0. The van der Waals surface area contributed by atoms with Gasteiger partial charge in [0.2, 0.25) is 5.91 Å². The number of hydrogen-bond donors (Lipinski definition) is 2. The highest BCUT2D eigenvalue weighted by Crippen LogP contribution is 2.39. The lowest BCUT2D eigenvalue weighted by atomic mass is 10.0. The van der Waals surface area contributed by atoms with E-state index in [1.165, 1.54) is 16.0 Å². The van der Waals surface area contributed by atoms with E-state index in [0.29, 0.717) is 6.54 Å². The standard InChI is InChI=1S/C15H18N2OS.ClH/c18-15(17-9-11-5-7-16-8-6-11)13-10-19-14-4-2-1-3-12(13)14;/h1-5,13,16H,6-10H2,(H,17,18);1H. The lowest BCUT2D eigenvalue weighted by Crippen LogP contribution is -2.33. The zero-order valence-electron chi connectivity index (χ0n) is 11.2. The van der Waals surface area contributed by atoms with Gasteiger partial charge < -0.3 is 10.6 Å². The maximum Gasteiger partial charge on any atom is 0.228 e. The van der Waals surface area contributed by atoms with Crippen molar-refractivity contribution in [3.05, 3.63) is 41.5 Å². The van der Waals surface area contributed by atoms with Crippen molar-refractivity contribution in [2.24, 2.45) is 0 Å². The number of thioether (sulfide) groups is 1. The van der Waals surface area contributed by atoms with Gasteiger partial charge in [0.15, 0.2) is 0 Å². The Labute approximate surface area is 130 Å². The Morgan fingerprint density at radius 1 is 1.40 bits per heavy atom. The van der Waals surface area contributed by atoms with Gasteiger partial charge in [-0.05, 0) is 24.6 Å². The molecule has 2 aliphatic rings. The van der Waals surface area contributed by atoms with Gasteiger partial charge in [-0.25, -0.2) is 0 Å². The molecular weight excluding hydrogens is 292 g/mol. The van der Waals surface area contributed by atoms with E-state index in [9.17, 15) is 4.79 Å². The van der Waals surface area contributed by atoms with Crippen LogP contribution >= 0.6 is 24.2 Å². The molecule has 0 saturated carbocycles. The smallest absolute Gasteiger partial charge is 0.228 e. The molecule has 5 heteroatoms. The second-order valence-corrected chi connectivity index (χ2v) is 6.00. The highest BCUT2D eigenvalue weighted by Gasteiger charge is 2.28. The van der Waals surface area contributed by atoms with Crippen LogP contribution in [-0.2, 0) is 4.79 Å². The highest BCUT2D eigenvalue weighted by atomic mass is 35.5. The molecule has 1 amide bonds. The van der Waals surface area contributed by atoms with Crippen molar-refractivity contribution in [2.75, 3.05) is 25.4 Å². The summed E-state index contributed by atoms with van der Waals surface area (Å²) in [5, 5.41) is 6.36. The third-order valence-electron chi connectivity index (χ3n) is 3.66. The van der Waals surface area contributed by atoms with Crippen LogP contribution in [0.25, 0.3) is 0 Å². The first-order chi connectivity index (χ1) is 9.34. The van der Waals surface area contributed by atoms with E-state index >= 15 is 0 Å². The van der Waals surface area contributed by atoms with E-state index < -0.39 is 0 Å². The number of hydrogen-bond acceptors (Lipinski definition) is 3. The van der Waals surface area contributed by atoms with Crippen LogP contribution in [0.3, 0.4) is 0 Å².